The number of imidazole rings is 1. The number of hydrogen-bond acceptors (Lipinski definition) is 2. The molecule has 2 N–H and O–H groups in total. The molecule has 1 aromatic heterocycles. The fraction of sp³-hybridized carbons (Fsp3) is 0.786. The summed E-state index contributed by atoms with van der Waals surface area (Å²) in [7, 11) is 0. The van der Waals surface area contributed by atoms with Crippen LogP contribution in [-0.2, 0) is 13.0 Å². The number of nitrogens with two attached hydrogens (primary N) is 1. The fourth-order valence-corrected chi connectivity index (χ4v) is 2.16. The Morgan fingerprint density at radius 1 is 1.18 bits per heavy atom. The Labute approximate surface area is 105 Å². The van der Waals surface area contributed by atoms with E-state index in [2.05, 4.69) is 32.3 Å². The van der Waals surface area contributed by atoms with Gasteiger partial charge in [-0.3, -0.25) is 0 Å². The topological polar surface area (TPSA) is 43.8 Å². The molecule has 0 aliphatic carbocycles. The summed E-state index contributed by atoms with van der Waals surface area (Å²) in [6.07, 6.45) is 5.83. The molecular weight excluding hydrogens is 210 g/mol. The Bertz CT molecular complexity index is 339. The Morgan fingerprint density at radius 3 is 2.41 bits per heavy atom. The monoisotopic (exact) mass is 237 g/mol. The van der Waals surface area contributed by atoms with Gasteiger partial charge in [-0.15, -0.1) is 0 Å². The van der Waals surface area contributed by atoms with Gasteiger partial charge in [0.1, 0.15) is 11.6 Å². The minimum absolute atomic E-state index is 0.448. The van der Waals surface area contributed by atoms with Gasteiger partial charge in [0.15, 0.2) is 0 Å². The molecule has 0 spiro atoms. The SMILES string of the molecule is CCCCCc1nc(C(C)C)n(CCC)c1N. The standard InChI is InChI=1S/C14H27N3/c1-5-7-8-9-12-13(15)17(10-6-2)14(16-12)11(3)4/h11H,5-10,15H2,1-4H3. The van der Waals surface area contributed by atoms with Crippen LogP contribution in [0.15, 0.2) is 0 Å². The summed E-state index contributed by atoms with van der Waals surface area (Å²) in [5, 5.41) is 0. The van der Waals surface area contributed by atoms with Gasteiger partial charge in [0.25, 0.3) is 0 Å². The first kappa shape index (κ1) is 14.1. The summed E-state index contributed by atoms with van der Waals surface area (Å²) < 4.78 is 2.20. The number of anilines is 1. The molecule has 0 aliphatic heterocycles. The van der Waals surface area contributed by atoms with E-state index in [1.165, 1.54) is 19.3 Å². The molecule has 3 nitrogen and oxygen atoms in total. The Kier molecular flexibility index (Phi) is 5.52. The second kappa shape index (κ2) is 6.67. The van der Waals surface area contributed by atoms with Crippen LogP contribution in [0.4, 0.5) is 5.82 Å². The minimum Gasteiger partial charge on any atom is -0.384 e. The summed E-state index contributed by atoms with van der Waals surface area (Å²) >= 11 is 0. The van der Waals surface area contributed by atoms with Gasteiger partial charge in [-0.05, 0) is 19.3 Å². The van der Waals surface area contributed by atoms with E-state index < -0.39 is 0 Å². The minimum atomic E-state index is 0.448. The molecule has 3 heteroatoms. The highest BCUT2D eigenvalue weighted by atomic mass is 15.1. The highest BCUT2D eigenvalue weighted by Crippen LogP contribution is 2.23. The van der Waals surface area contributed by atoms with Crippen LogP contribution in [0.2, 0.25) is 0 Å². The van der Waals surface area contributed by atoms with Crippen LogP contribution in [0, 0.1) is 0 Å². The number of nitrogen functional groups attached to an aromatic ring is 1. The maximum atomic E-state index is 6.21. The van der Waals surface area contributed by atoms with Crippen molar-refractivity contribution in [1.82, 2.24) is 9.55 Å². The first-order chi connectivity index (χ1) is 8.11. The van der Waals surface area contributed by atoms with Crippen molar-refractivity contribution < 1.29 is 0 Å². The summed E-state index contributed by atoms with van der Waals surface area (Å²) in [4.78, 5) is 4.74. The molecule has 0 bridgehead atoms. The molecule has 0 saturated heterocycles. The van der Waals surface area contributed by atoms with Gasteiger partial charge in [0.05, 0.1) is 5.69 Å². The third-order valence-corrected chi connectivity index (χ3v) is 3.09. The lowest BCUT2D eigenvalue weighted by Gasteiger charge is -2.10. The normalized spacial score (nSPS) is 11.4. The van der Waals surface area contributed by atoms with Crippen LogP contribution in [0.3, 0.4) is 0 Å². The van der Waals surface area contributed by atoms with E-state index >= 15 is 0 Å². The average Bonchev–Trinajstić information content (AvgIpc) is 2.59. The second-order valence-corrected chi connectivity index (χ2v) is 5.07. The summed E-state index contributed by atoms with van der Waals surface area (Å²) in [6, 6.07) is 0. The zero-order valence-electron chi connectivity index (χ0n) is 11.8. The Morgan fingerprint density at radius 2 is 1.88 bits per heavy atom. The van der Waals surface area contributed by atoms with E-state index in [-0.39, 0.29) is 0 Å². The van der Waals surface area contributed by atoms with E-state index in [1.807, 2.05) is 0 Å². The van der Waals surface area contributed by atoms with E-state index in [1.54, 1.807) is 0 Å². The maximum Gasteiger partial charge on any atom is 0.126 e. The van der Waals surface area contributed by atoms with Gasteiger partial charge in [-0.1, -0.05) is 40.5 Å². The number of nitrogens with zero attached hydrogens (tertiary/aromatic N) is 2. The molecule has 0 aromatic carbocycles. The molecule has 0 radical (unpaired) electrons. The number of aryl methyl sites for hydroxylation is 1. The van der Waals surface area contributed by atoms with Crippen LogP contribution >= 0.6 is 0 Å². The number of aromatic nitrogens is 2. The molecule has 0 aliphatic rings. The van der Waals surface area contributed by atoms with E-state index in [4.69, 9.17) is 10.7 Å². The van der Waals surface area contributed by atoms with Gasteiger partial charge < -0.3 is 10.3 Å². The quantitative estimate of drug-likeness (QED) is 0.734. The lowest BCUT2D eigenvalue weighted by Crippen LogP contribution is -2.08. The predicted molar refractivity (Wildman–Crippen MR) is 74.2 cm³/mol. The molecular formula is C14H27N3. The Balaban J connectivity index is 2.87. The molecule has 0 saturated carbocycles. The molecule has 1 aromatic rings. The average molecular weight is 237 g/mol. The van der Waals surface area contributed by atoms with Crippen molar-refractivity contribution in [3.8, 4) is 0 Å². The molecule has 0 amide bonds. The number of unbranched alkanes of at least 4 members (excludes halogenated alkanes) is 2. The molecule has 0 unspecified atom stereocenters. The summed E-state index contributed by atoms with van der Waals surface area (Å²) in [5.74, 6) is 2.49. The number of hydrogen-bond donors (Lipinski definition) is 1. The van der Waals surface area contributed by atoms with Crippen LogP contribution < -0.4 is 5.73 Å². The lowest BCUT2D eigenvalue weighted by atomic mass is 10.1. The molecule has 98 valence electrons. The van der Waals surface area contributed by atoms with Crippen molar-refractivity contribution in [3.63, 3.8) is 0 Å². The first-order valence-corrected chi connectivity index (χ1v) is 6.96. The predicted octanol–water partition coefficient (Wildman–Crippen LogP) is 3.73. The third-order valence-electron chi connectivity index (χ3n) is 3.09. The first-order valence-electron chi connectivity index (χ1n) is 6.96. The largest absolute Gasteiger partial charge is 0.384 e. The third kappa shape index (κ3) is 3.48. The van der Waals surface area contributed by atoms with Gasteiger partial charge in [-0.2, -0.15) is 0 Å². The van der Waals surface area contributed by atoms with Crippen LogP contribution in [0.1, 0.15) is 70.8 Å². The van der Waals surface area contributed by atoms with Crippen molar-refractivity contribution in [3.05, 3.63) is 11.5 Å². The van der Waals surface area contributed by atoms with E-state index in [0.29, 0.717) is 5.92 Å². The molecule has 0 fully saturated rings. The van der Waals surface area contributed by atoms with Gasteiger partial charge in [0, 0.05) is 12.5 Å². The van der Waals surface area contributed by atoms with Gasteiger partial charge in [0.2, 0.25) is 0 Å². The number of rotatable bonds is 7. The molecule has 17 heavy (non-hydrogen) atoms. The molecule has 1 heterocycles. The molecule has 0 atom stereocenters. The maximum absolute atomic E-state index is 6.21. The van der Waals surface area contributed by atoms with Crippen LogP contribution in [0.5, 0.6) is 0 Å². The van der Waals surface area contributed by atoms with Gasteiger partial charge in [-0.25, -0.2) is 4.98 Å². The van der Waals surface area contributed by atoms with E-state index in [0.717, 1.165) is 36.7 Å². The van der Waals surface area contributed by atoms with Crippen molar-refractivity contribution in [2.75, 3.05) is 5.73 Å². The van der Waals surface area contributed by atoms with Crippen LogP contribution in [-0.4, -0.2) is 9.55 Å². The van der Waals surface area contributed by atoms with Crippen molar-refractivity contribution in [2.45, 2.75) is 72.3 Å². The highest BCUT2D eigenvalue weighted by molar-refractivity contribution is 5.39. The summed E-state index contributed by atoms with van der Waals surface area (Å²) in [6.45, 7) is 9.76. The zero-order valence-corrected chi connectivity index (χ0v) is 11.8. The fourth-order valence-electron chi connectivity index (χ4n) is 2.16. The van der Waals surface area contributed by atoms with Crippen molar-refractivity contribution in [1.29, 1.82) is 0 Å². The summed E-state index contributed by atoms with van der Waals surface area (Å²) in [5.41, 5.74) is 7.32. The molecule has 1 rings (SSSR count). The Hall–Kier alpha value is -0.990. The van der Waals surface area contributed by atoms with Crippen molar-refractivity contribution >= 4 is 5.82 Å². The van der Waals surface area contributed by atoms with Gasteiger partial charge >= 0.3 is 0 Å². The van der Waals surface area contributed by atoms with E-state index in [9.17, 15) is 0 Å². The van der Waals surface area contributed by atoms with Crippen molar-refractivity contribution in [2.24, 2.45) is 0 Å². The lowest BCUT2D eigenvalue weighted by molar-refractivity contribution is 0.616. The second-order valence-electron chi connectivity index (χ2n) is 5.07. The smallest absolute Gasteiger partial charge is 0.126 e. The highest BCUT2D eigenvalue weighted by Gasteiger charge is 2.15. The van der Waals surface area contributed by atoms with Crippen LogP contribution in [0.25, 0.3) is 0 Å². The zero-order chi connectivity index (χ0) is 12.8.